The van der Waals surface area contributed by atoms with Crippen molar-refractivity contribution in [1.82, 2.24) is 0 Å². The minimum atomic E-state index is 0.823. The third-order valence-corrected chi connectivity index (χ3v) is 2.34. The van der Waals surface area contributed by atoms with E-state index >= 15 is 0 Å². The molecule has 2 N–H and O–H groups in total. The normalized spacial score (nSPS) is 9.63. The van der Waals surface area contributed by atoms with E-state index in [0.717, 1.165) is 18.5 Å². The summed E-state index contributed by atoms with van der Waals surface area (Å²) in [6.45, 7) is 13.9. The van der Waals surface area contributed by atoms with Gasteiger partial charge in [-0.1, -0.05) is 77.5 Å². The minimum absolute atomic E-state index is 0.823. The van der Waals surface area contributed by atoms with Crippen molar-refractivity contribution >= 4 is 5.69 Å². The molecule has 0 aliphatic carbocycles. The third-order valence-electron chi connectivity index (χ3n) is 2.34. The zero-order valence-electron chi connectivity index (χ0n) is 13.4. The van der Waals surface area contributed by atoms with Gasteiger partial charge in [0.2, 0.25) is 0 Å². The predicted molar refractivity (Wildman–Crippen MR) is 90.4 cm³/mol. The highest BCUT2D eigenvalue weighted by molar-refractivity contribution is 5.40. The van der Waals surface area contributed by atoms with Crippen LogP contribution in [-0.2, 0) is 6.42 Å². The molecule has 0 spiro atoms. The molecule has 0 radical (unpaired) electrons. The molecule has 108 valence electrons. The molecule has 0 unspecified atom stereocenters. The fourth-order valence-corrected chi connectivity index (χ4v) is 1.62. The Bertz CT molecular complexity index is 333. The molecule has 0 aromatic heterocycles. The molecule has 0 atom stereocenters. The van der Waals surface area contributed by atoms with E-state index in [-0.39, 0.29) is 0 Å². The van der Waals surface area contributed by atoms with Crippen molar-refractivity contribution in [2.45, 2.75) is 53.9 Å². The molecule has 0 aliphatic heterocycles. The lowest BCUT2D eigenvalue weighted by Crippen LogP contribution is -1.91. The largest absolute Gasteiger partial charge is 0.399 e. The van der Waals surface area contributed by atoms with Crippen molar-refractivity contribution < 1.29 is 0 Å². The summed E-state index contributed by atoms with van der Waals surface area (Å²) in [6.07, 6.45) is 7.29. The van der Waals surface area contributed by atoms with Crippen molar-refractivity contribution in [3.05, 3.63) is 54.1 Å². The van der Waals surface area contributed by atoms with E-state index in [1.165, 1.54) is 17.6 Å². The van der Waals surface area contributed by atoms with Crippen molar-refractivity contribution in [3.8, 4) is 0 Å². The quantitative estimate of drug-likeness (QED) is 0.528. The summed E-state index contributed by atoms with van der Waals surface area (Å²) in [5.41, 5.74) is 9.21. The van der Waals surface area contributed by atoms with Crippen LogP contribution in [0, 0.1) is 0 Å². The topological polar surface area (TPSA) is 26.0 Å². The molecule has 0 amide bonds. The van der Waals surface area contributed by atoms with E-state index in [1.807, 2.05) is 45.9 Å². The van der Waals surface area contributed by atoms with E-state index in [9.17, 15) is 0 Å². The maximum absolute atomic E-state index is 5.64. The van der Waals surface area contributed by atoms with Gasteiger partial charge in [0.15, 0.2) is 0 Å². The van der Waals surface area contributed by atoms with Crippen molar-refractivity contribution in [3.63, 3.8) is 0 Å². The molecule has 0 bridgehead atoms. The molecular formula is C18H31N. The Labute approximate surface area is 120 Å². The highest BCUT2D eigenvalue weighted by Gasteiger charge is 1.98. The van der Waals surface area contributed by atoms with Crippen LogP contribution >= 0.6 is 0 Å². The number of anilines is 1. The molecule has 19 heavy (non-hydrogen) atoms. The lowest BCUT2D eigenvalue weighted by molar-refractivity contribution is 0.871. The van der Waals surface area contributed by atoms with Gasteiger partial charge in [0.25, 0.3) is 0 Å². The van der Waals surface area contributed by atoms with Crippen LogP contribution in [0.4, 0.5) is 5.69 Å². The maximum Gasteiger partial charge on any atom is 0.0314 e. The molecule has 1 aromatic carbocycles. The van der Waals surface area contributed by atoms with Gasteiger partial charge in [-0.3, -0.25) is 0 Å². The number of nitrogens with two attached hydrogens (primary N) is 1. The van der Waals surface area contributed by atoms with Crippen LogP contribution in [0.1, 0.15) is 53.0 Å². The molecule has 0 fully saturated rings. The van der Waals surface area contributed by atoms with E-state index in [2.05, 4.69) is 31.7 Å². The van der Waals surface area contributed by atoms with Gasteiger partial charge >= 0.3 is 0 Å². The monoisotopic (exact) mass is 261 g/mol. The second-order valence-electron chi connectivity index (χ2n) is 3.73. The first-order valence-electron chi connectivity index (χ1n) is 7.41. The van der Waals surface area contributed by atoms with Gasteiger partial charge in [0, 0.05) is 5.69 Å². The Morgan fingerprint density at radius 1 is 1.11 bits per heavy atom. The number of nitrogen functional groups attached to an aromatic ring is 1. The number of hydrogen-bond donors (Lipinski definition) is 1. The van der Waals surface area contributed by atoms with Crippen LogP contribution < -0.4 is 5.73 Å². The zero-order chi connectivity index (χ0) is 15.1. The lowest BCUT2D eigenvalue weighted by Gasteiger charge is -2.06. The van der Waals surface area contributed by atoms with E-state index < -0.39 is 0 Å². The minimum Gasteiger partial charge on any atom is -0.399 e. The number of hydrogen-bond acceptors (Lipinski definition) is 1. The van der Waals surface area contributed by atoms with Crippen molar-refractivity contribution in [1.29, 1.82) is 0 Å². The second kappa shape index (κ2) is 14.6. The van der Waals surface area contributed by atoms with E-state index in [1.54, 1.807) is 0 Å². The Balaban J connectivity index is 0. The highest BCUT2D eigenvalue weighted by atomic mass is 14.5. The van der Waals surface area contributed by atoms with Crippen molar-refractivity contribution in [2.75, 3.05) is 5.73 Å². The summed E-state index contributed by atoms with van der Waals surface area (Å²) in [4.78, 5) is 0. The Morgan fingerprint density at radius 3 is 2.05 bits per heavy atom. The molecule has 0 saturated heterocycles. The Kier molecular flexibility index (Phi) is 15.2. The van der Waals surface area contributed by atoms with Gasteiger partial charge in [0.1, 0.15) is 0 Å². The van der Waals surface area contributed by atoms with Crippen LogP contribution in [0.15, 0.2) is 48.6 Å². The molecule has 1 aromatic rings. The van der Waals surface area contributed by atoms with Crippen LogP contribution in [0.2, 0.25) is 0 Å². The van der Waals surface area contributed by atoms with Crippen LogP contribution in [0.5, 0.6) is 0 Å². The average Bonchev–Trinajstić information content (AvgIpc) is 2.46. The summed E-state index contributed by atoms with van der Waals surface area (Å²) >= 11 is 0. The fraction of sp³-hybridized carbons (Fsp3) is 0.444. The molecule has 0 heterocycles. The van der Waals surface area contributed by atoms with Gasteiger partial charge in [0.05, 0.1) is 0 Å². The van der Waals surface area contributed by atoms with Gasteiger partial charge in [-0.15, -0.1) is 0 Å². The highest BCUT2D eigenvalue weighted by Crippen LogP contribution is 2.14. The molecule has 0 saturated carbocycles. The molecular weight excluding hydrogens is 230 g/mol. The third kappa shape index (κ3) is 10.1. The number of rotatable bonds is 5. The van der Waals surface area contributed by atoms with Gasteiger partial charge < -0.3 is 5.73 Å². The number of allylic oxidation sites excluding steroid dienone is 3. The van der Waals surface area contributed by atoms with Gasteiger partial charge in [-0.25, -0.2) is 0 Å². The first-order chi connectivity index (χ1) is 9.26. The van der Waals surface area contributed by atoms with Crippen LogP contribution in [-0.4, -0.2) is 0 Å². The second-order valence-corrected chi connectivity index (χ2v) is 3.73. The number of benzene rings is 1. The molecule has 0 aliphatic rings. The first-order valence-corrected chi connectivity index (χ1v) is 7.41. The molecule has 1 nitrogen and oxygen atoms in total. The fourth-order valence-electron chi connectivity index (χ4n) is 1.62. The molecule has 1 rings (SSSR count). The zero-order valence-corrected chi connectivity index (χ0v) is 13.4. The summed E-state index contributed by atoms with van der Waals surface area (Å²) < 4.78 is 0. The smallest absolute Gasteiger partial charge is 0.0314 e. The Morgan fingerprint density at radius 2 is 1.63 bits per heavy atom. The summed E-state index contributed by atoms with van der Waals surface area (Å²) in [5.74, 6) is 0. The standard InChI is InChI=1S/C14H19N.2C2H6/c1-3-5-12(6-4-2)11-13-7-9-14(15)10-8-13;2*1-2/h3,5,7-10H,1,4,6,11,15H2,2H3;2*1-2H3/b12-5+;;. The summed E-state index contributed by atoms with van der Waals surface area (Å²) in [7, 11) is 0. The lowest BCUT2D eigenvalue weighted by atomic mass is 10.0. The van der Waals surface area contributed by atoms with Crippen LogP contribution in [0.25, 0.3) is 0 Å². The first kappa shape index (κ1) is 19.8. The SMILES string of the molecule is C=C/C=C(\CCC)Cc1ccc(N)cc1.CC.CC. The predicted octanol–water partition coefficient (Wildman–Crippen LogP) is 5.78. The van der Waals surface area contributed by atoms with E-state index in [0.29, 0.717) is 0 Å². The maximum atomic E-state index is 5.64. The molecule has 1 heteroatoms. The summed E-state index contributed by atoms with van der Waals surface area (Å²) in [6, 6.07) is 8.07. The van der Waals surface area contributed by atoms with Crippen molar-refractivity contribution in [2.24, 2.45) is 0 Å². The van der Waals surface area contributed by atoms with Crippen LogP contribution in [0.3, 0.4) is 0 Å². The summed E-state index contributed by atoms with van der Waals surface area (Å²) in [5, 5.41) is 0. The van der Waals surface area contributed by atoms with Gasteiger partial charge in [-0.05, 0) is 30.5 Å². The van der Waals surface area contributed by atoms with Gasteiger partial charge in [-0.2, -0.15) is 0 Å². The average molecular weight is 261 g/mol. The van der Waals surface area contributed by atoms with E-state index in [4.69, 9.17) is 5.73 Å². The Hall–Kier alpha value is -1.50.